The molecule has 0 radical (unpaired) electrons. The van der Waals surface area contributed by atoms with Gasteiger partial charge in [0, 0.05) is 12.2 Å². The molecule has 0 heterocycles. The summed E-state index contributed by atoms with van der Waals surface area (Å²) in [4.78, 5) is 0. The average Bonchev–Trinajstić information content (AvgIpc) is 2.27. The summed E-state index contributed by atoms with van der Waals surface area (Å²) in [5.74, 6) is -3.51. The van der Waals surface area contributed by atoms with E-state index in [1.807, 2.05) is 0 Å². The van der Waals surface area contributed by atoms with Crippen molar-refractivity contribution >= 4 is 15.7 Å². The van der Waals surface area contributed by atoms with E-state index in [-0.39, 0.29) is 0 Å². The lowest BCUT2D eigenvalue weighted by atomic mass is 10.1. The van der Waals surface area contributed by atoms with Crippen molar-refractivity contribution in [1.82, 2.24) is 4.72 Å². The van der Waals surface area contributed by atoms with Crippen molar-refractivity contribution in [2.75, 3.05) is 12.3 Å². The Bertz CT molecular complexity index is 462. The van der Waals surface area contributed by atoms with Crippen molar-refractivity contribution in [2.45, 2.75) is 11.9 Å². The van der Waals surface area contributed by atoms with Gasteiger partial charge in [0.1, 0.15) is 0 Å². The maximum Gasteiger partial charge on any atom is 0.350 e. The van der Waals surface area contributed by atoms with Crippen molar-refractivity contribution in [3.8, 4) is 0 Å². The van der Waals surface area contributed by atoms with Crippen LogP contribution in [0.3, 0.4) is 0 Å². The molecule has 1 aromatic rings. The topological polar surface area (TPSA) is 92.4 Å². The SMILES string of the molecule is Nc1ccc(C(O)CNS(=O)(=O)C(F)F)cc1. The quantitative estimate of drug-likeness (QED) is 0.674. The number of rotatable bonds is 5. The second-order valence-electron chi connectivity index (χ2n) is 3.34. The Balaban J connectivity index is 2.62. The number of benzene rings is 1. The third-order valence-corrected chi connectivity index (χ3v) is 3.07. The summed E-state index contributed by atoms with van der Waals surface area (Å²) in [6.07, 6.45) is -1.20. The highest BCUT2D eigenvalue weighted by molar-refractivity contribution is 7.89. The van der Waals surface area contributed by atoms with Crippen LogP contribution < -0.4 is 10.5 Å². The minimum absolute atomic E-state index is 0.385. The van der Waals surface area contributed by atoms with Gasteiger partial charge >= 0.3 is 5.76 Å². The second-order valence-corrected chi connectivity index (χ2v) is 5.07. The molecule has 0 amide bonds. The van der Waals surface area contributed by atoms with Gasteiger partial charge in [-0.1, -0.05) is 12.1 Å². The van der Waals surface area contributed by atoms with Gasteiger partial charge in [0.15, 0.2) is 0 Å². The highest BCUT2D eigenvalue weighted by Crippen LogP contribution is 2.14. The van der Waals surface area contributed by atoms with Crippen LogP contribution in [0.2, 0.25) is 0 Å². The molecule has 0 aliphatic heterocycles. The molecule has 8 heteroatoms. The van der Waals surface area contributed by atoms with Gasteiger partial charge in [-0.25, -0.2) is 13.1 Å². The lowest BCUT2D eigenvalue weighted by Gasteiger charge is -2.12. The van der Waals surface area contributed by atoms with E-state index in [0.29, 0.717) is 11.3 Å². The van der Waals surface area contributed by atoms with Gasteiger partial charge in [0.25, 0.3) is 10.0 Å². The second kappa shape index (κ2) is 5.39. The van der Waals surface area contributed by atoms with E-state index in [2.05, 4.69) is 0 Å². The number of aliphatic hydroxyl groups excluding tert-OH is 1. The zero-order chi connectivity index (χ0) is 13.1. The third-order valence-electron chi connectivity index (χ3n) is 2.03. The summed E-state index contributed by atoms with van der Waals surface area (Å²) >= 11 is 0. The first kappa shape index (κ1) is 13.8. The number of sulfonamides is 1. The molecule has 1 unspecified atom stereocenters. The standard InChI is InChI=1S/C9H12F2N2O3S/c10-9(11)17(15,16)13-5-8(14)6-1-3-7(12)4-2-6/h1-4,8-9,13-14H,5,12H2. The Morgan fingerprint density at radius 3 is 2.29 bits per heavy atom. The molecule has 96 valence electrons. The van der Waals surface area contributed by atoms with Crippen molar-refractivity contribution < 1.29 is 22.3 Å². The van der Waals surface area contributed by atoms with E-state index < -0.39 is 28.4 Å². The molecular weight excluding hydrogens is 254 g/mol. The Morgan fingerprint density at radius 2 is 1.82 bits per heavy atom. The lowest BCUT2D eigenvalue weighted by molar-refractivity contribution is 0.179. The summed E-state index contributed by atoms with van der Waals surface area (Å²) in [5, 5.41) is 9.54. The van der Waals surface area contributed by atoms with Crippen molar-refractivity contribution in [1.29, 1.82) is 0 Å². The Labute approximate surface area is 97.3 Å². The number of aliphatic hydroxyl groups is 1. The maximum absolute atomic E-state index is 12.0. The zero-order valence-corrected chi connectivity index (χ0v) is 9.49. The number of nitrogens with two attached hydrogens (primary N) is 1. The molecule has 0 saturated carbocycles. The fourth-order valence-electron chi connectivity index (χ4n) is 1.09. The van der Waals surface area contributed by atoms with E-state index in [0.717, 1.165) is 0 Å². The highest BCUT2D eigenvalue weighted by Gasteiger charge is 2.24. The number of hydrogen-bond acceptors (Lipinski definition) is 4. The molecule has 5 nitrogen and oxygen atoms in total. The summed E-state index contributed by atoms with van der Waals surface area (Å²) in [6.45, 7) is -0.517. The van der Waals surface area contributed by atoms with Crippen LogP contribution in [0.1, 0.15) is 11.7 Å². The zero-order valence-electron chi connectivity index (χ0n) is 8.68. The number of hydrogen-bond donors (Lipinski definition) is 3. The van der Waals surface area contributed by atoms with E-state index in [1.165, 1.54) is 24.3 Å². The van der Waals surface area contributed by atoms with Crippen LogP contribution >= 0.6 is 0 Å². The van der Waals surface area contributed by atoms with Crippen molar-refractivity contribution in [3.63, 3.8) is 0 Å². The number of nitrogens with one attached hydrogen (secondary N) is 1. The monoisotopic (exact) mass is 266 g/mol. The number of alkyl halides is 2. The minimum Gasteiger partial charge on any atom is -0.399 e. The molecule has 0 aromatic heterocycles. The van der Waals surface area contributed by atoms with Crippen LogP contribution in [-0.2, 0) is 10.0 Å². The molecular formula is C9H12F2N2O3S. The van der Waals surface area contributed by atoms with E-state index in [1.54, 1.807) is 4.72 Å². The Morgan fingerprint density at radius 1 is 1.29 bits per heavy atom. The van der Waals surface area contributed by atoms with Gasteiger partial charge in [-0.3, -0.25) is 0 Å². The highest BCUT2D eigenvalue weighted by atomic mass is 32.2. The van der Waals surface area contributed by atoms with Crippen molar-refractivity contribution in [2.24, 2.45) is 0 Å². The predicted molar refractivity (Wildman–Crippen MR) is 58.7 cm³/mol. The number of nitrogen functional groups attached to an aromatic ring is 1. The molecule has 0 spiro atoms. The van der Waals surface area contributed by atoms with Crippen LogP contribution in [0.15, 0.2) is 24.3 Å². The lowest BCUT2D eigenvalue weighted by Crippen LogP contribution is -2.32. The van der Waals surface area contributed by atoms with Crippen LogP contribution in [0, 0.1) is 0 Å². The first-order valence-corrected chi connectivity index (χ1v) is 6.17. The minimum atomic E-state index is -4.68. The maximum atomic E-state index is 12.0. The molecule has 4 N–H and O–H groups in total. The van der Waals surface area contributed by atoms with E-state index in [4.69, 9.17) is 5.73 Å². The first-order valence-electron chi connectivity index (χ1n) is 4.63. The fourth-order valence-corrected chi connectivity index (χ4v) is 1.61. The van der Waals surface area contributed by atoms with Crippen molar-refractivity contribution in [3.05, 3.63) is 29.8 Å². The van der Waals surface area contributed by atoms with Gasteiger partial charge in [0.05, 0.1) is 6.10 Å². The summed E-state index contributed by atoms with van der Waals surface area (Å²) in [7, 11) is -4.68. The Kier molecular flexibility index (Phi) is 4.38. The average molecular weight is 266 g/mol. The molecule has 1 atom stereocenters. The molecule has 0 aliphatic carbocycles. The molecule has 0 fully saturated rings. The molecule has 17 heavy (non-hydrogen) atoms. The fraction of sp³-hybridized carbons (Fsp3) is 0.333. The number of anilines is 1. The predicted octanol–water partition coefficient (Wildman–Crippen LogP) is 0.444. The van der Waals surface area contributed by atoms with E-state index in [9.17, 15) is 22.3 Å². The smallest absolute Gasteiger partial charge is 0.350 e. The molecule has 0 aliphatic rings. The summed E-state index contributed by atoms with van der Waals surface area (Å²) in [6, 6.07) is 5.99. The summed E-state index contributed by atoms with van der Waals surface area (Å²) in [5.41, 5.74) is 6.28. The van der Waals surface area contributed by atoms with Gasteiger partial charge < -0.3 is 10.8 Å². The Hall–Kier alpha value is -1.25. The van der Waals surface area contributed by atoms with Gasteiger partial charge in [-0.15, -0.1) is 0 Å². The van der Waals surface area contributed by atoms with Crippen LogP contribution in [-0.4, -0.2) is 25.8 Å². The molecule has 1 aromatic carbocycles. The van der Waals surface area contributed by atoms with Crippen LogP contribution in [0.4, 0.5) is 14.5 Å². The largest absolute Gasteiger partial charge is 0.399 e. The van der Waals surface area contributed by atoms with Gasteiger partial charge in [-0.05, 0) is 17.7 Å². The summed E-state index contributed by atoms with van der Waals surface area (Å²) < 4.78 is 47.0. The number of halogens is 2. The molecule has 1 rings (SSSR count). The van der Waals surface area contributed by atoms with E-state index >= 15 is 0 Å². The van der Waals surface area contributed by atoms with Crippen LogP contribution in [0.5, 0.6) is 0 Å². The molecule has 0 bridgehead atoms. The first-order chi connectivity index (χ1) is 7.83. The van der Waals surface area contributed by atoms with Crippen LogP contribution in [0.25, 0.3) is 0 Å². The normalized spacial score (nSPS) is 13.9. The molecule has 0 saturated heterocycles. The van der Waals surface area contributed by atoms with Gasteiger partial charge in [-0.2, -0.15) is 8.78 Å². The third kappa shape index (κ3) is 3.91. The van der Waals surface area contributed by atoms with Gasteiger partial charge in [0.2, 0.25) is 0 Å².